The molecule has 1 aromatic heterocycles. The van der Waals surface area contributed by atoms with Gasteiger partial charge in [0.15, 0.2) is 0 Å². The van der Waals surface area contributed by atoms with Gasteiger partial charge in [-0.1, -0.05) is 66.8 Å². The third-order valence-corrected chi connectivity index (χ3v) is 7.77. The predicted octanol–water partition coefficient (Wildman–Crippen LogP) is 2.77. The average Bonchev–Trinajstić information content (AvgIpc) is 3.57. The molecule has 2 aliphatic rings. The maximum atomic E-state index is 12.3. The van der Waals surface area contributed by atoms with Crippen molar-refractivity contribution in [2.75, 3.05) is 19.7 Å². The van der Waals surface area contributed by atoms with Gasteiger partial charge in [-0.05, 0) is 42.0 Å². The predicted molar refractivity (Wildman–Crippen MR) is 163 cm³/mol. The van der Waals surface area contributed by atoms with Gasteiger partial charge in [0.25, 0.3) is 5.56 Å². The lowest BCUT2D eigenvalue weighted by Gasteiger charge is -2.14. The van der Waals surface area contributed by atoms with Gasteiger partial charge in [0.05, 0.1) is 18.8 Å². The number of carbonyl (C=O) groups excluding carboxylic acids is 2. The molecule has 0 spiro atoms. The third kappa shape index (κ3) is 7.27. The van der Waals surface area contributed by atoms with Gasteiger partial charge in [0, 0.05) is 32.9 Å². The smallest absolute Gasteiger partial charge is 0.407 e. The number of aromatic amines is 1. The minimum Gasteiger partial charge on any atom is -0.449 e. The van der Waals surface area contributed by atoms with Crippen molar-refractivity contribution in [1.29, 1.82) is 0 Å². The Morgan fingerprint density at radius 1 is 1.09 bits per heavy atom. The number of hydrogen-bond acceptors (Lipinski definition) is 7. The second-order valence-electron chi connectivity index (χ2n) is 10.8. The van der Waals surface area contributed by atoms with Crippen molar-refractivity contribution >= 4 is 12.0 Å². The number of carbonyl (C=O) groups is 2. The number of aliphatic hydroxyl groups is 1. The number of fused-ring (bicyclic) bond motifs is 3. The molecule has 2 heterocycles. The molecular weight excluding hydrogens is 564 g/mol. The highest BCUT2D eigenvalue weighted by atomic mass is 16.5. The van der Waals surface area contributed by atoms with E-state index >= 15 is 0 Å². The number of amides is 2. The second-order valence-corrected chi connectivity index (χ2v) is 10.8. The molecule has 11 heteroatoms. The summed E-state index contributed by atoms with van der Waals surface area (Å²) in [4.78, 5) is 51.0. The number of H-pyrrole nitrogens is 1. The first-order valence-corrected chi connectivity index (χ1v) is 14.7. The summed E-state index contributed by atoms with van der Waals surface area (Å²) in [6.45, 7) is 0.559. The highest BCUT2D eigenvalue weighted by Crippen LogP contribution is 2.44. The van der Waals surface area contributed by atoms with E-state index in [0.717, 1.165) is 22.1 Å². The zero-order valence-corrected chi connectivity index (χ0v) is 24.2. The molecule has 11 nitrogen and oxygen atoms in total. The number of nitrogens with zero attached hydrogens (tertiary/aromatic N) is 1. The van der Waals surface area contributed by atoms with Gasteiger partial charge in [-0.2, -0.15) is 0 Å². The van der Waals surface area contributed by atoms with Gasteiger partial charge in [-0.15, -0.1) is 0 Å². The van der Waals surface area contributed by atoms with Gasteiger partial charge in [0.2, 0.25) is 5.91 Å². The summed E-state index contributed by atoms with van der Waals surface area (Å²) in [5, 5.41) is 15.4. The van der Waals surface area contributed by atoms with Crippen LogP contribution in [0, 0.1) is 11.8 Å². The maximum absolute atomic E-state index is 12.3. The van der Waals surface area contributed by atoms with E-state index in [-0.39, 0.29) is 50.3 Å². The van der Waals surface area contributed by atoms with Crippen LogP contribution in [0.25, 0.3) is 11.1 Å². The van der Waals surface area contributed by atoms with E-state index in [1.54, 1.807) is 0 Å². The Hall–Kier alpha value is -4.66. The fourth-order valence-corrected chi connectivity index (χ4v) is 5.47. The Bertz CT molecular complexity index is 1660. The van der Waals surface area contributed by atoms with Crippen LogP contribution in [0.3, 0.4) is 0 Å². The first kappa shape index (κ1) is 29.4. The number of aliphatic hydroxyl groups excluding tert-OH is 1. The van der Waals surface area contributed by atoms with E-state index in [9.17, 15) is 24.3 Å². The van der Waals surface area contributed by atoms with Crippen molar-refractivity contribution in [3.8, 4) is 23.0 Å². The molecule has 230 valence electrons. The lowest BCUT2D eigenvalue weighted by molar-refractivity contribution is -0.120. The lowest BCUT2D eigenvalue weighted by Crippen LogP contribution is -2.33. The van der Waals surface area contributed by atoms with Crippen LogP contribution >= 0.6 is 0 Å². The highest BCUT2D eigenvalue weighted by molar-refractivity contribution is 5.79. The average molecular weight is 602 g/mol. The summed E-state index contributed by atoms with van der Waals surface area (Å²) in [5.74, 6) is 5.17. The standard InChI is InChI=1S/C33H36N4O7/c1-21-28(38)18-30(44-21)37-19-22(31(40)36-32(37)41)10-9-17-34-29(39)15-3-2-8-16-35-33(42)43-20-27-25-13-6-4-11-23(25)24-12-5-7-14-26(24)27/h4-7,11-14,19,21,27-28,30,38H,2-3,8,15-18,20H2,1H3,(H,34,39)(H,35,42)(H,36,40,41)/i1D. The molecule has 0 radical (unpaired) electrons. The molecule has 44 heavy (non-hydrogen) atoms. The molecule has 3 atom stereocenters. The molecule has 0 bridgehead atoms. The first-order valence-electron chi connectivity index (χ1n) is 15.4. The first-order chi connectivity index (χ1) is 21.9. The zero-order valence-electron chi connectivity index (χ0n) is 25.2. The van der Waals surface area contributed by atoms with Crippen molar-refractivity contribution in [1.82, 2.24) is 20.2 Å². The fraction of sp³-hybridized carbons (Fsp3) is 0.394. The lowest BCUT2D eigenvalue weighted by atomic mass is 9.98. The number of benzene rings is 2. The van der Waals surface area contributed by atoms with Crippen LogP contribution in [-0.2, 0) is 14.3 Å². The Kier molecular flexibility index (Phi) is 9.50. The number of rotatable bonds is 10. The van der Waals surface area contributed by atoms with E-state index < -0.39 is 35.8 Å². The summed E-state index contributed by atoms with van der Waals surface area (Å²) < 4.78 is 19.6. The van der Waals surface area contributed by atoms with Crippen LogP contribution in [0.4, 0.5) is 4.79 Å². The van der Waals surface area contributed by atoms with E-state index in [4.69, 9.17) is 10.8 Å². The number of aromatic nitrogens is 2. The summed E-state index contributed by atoms with van der Waals surface area (Å²) in [6.07, 6.45) is 0.852. The van der Waals surface area contributed by atoms with E-state index in [2.05, 4.69) is 51.7 Å². The number of ether oxygens (including phenoxy) is 2. The van der Waals surface area contributed by atoms with E-state index in [1.807, 2.05) is 24.3 Å². The molecule has 4 N–H and O–H groups in total. The molecule has 3 aromatic rings. The molecule has 0 saturated carbocycles. The Morgan fingerprint density at radius 3 is 2.52 bits per heavy atom. The Morgan fingerprint density at radius 2 is 1.82 bits per heavy atom. The molecule has 5 rings (SSSR count). The fourth-order valence-electron chi connectivity index (χ4n) is 5.47. The van der Waals surface area contributed by atoms with Crippen molar-refractivity contribution in [2.24, 2.45) is 0 Å². The topological polar surface area (TPSA) is 152 Å². The molecule has 2 aromatic carbocycles. The Balaban J connectivity index is 0.973. The van der Waals surface area contributed by atoms with Crippen LogP contribution in [0.1, 0.15) is 69.2 Å². The summed E-state index contributed by atoms with van der Waals surface area (Å²) >= 11 is 0. The molecule has 2 amide bonds. The third-order valence-electron chi connectivity index (χ3n) is 7.77. The normalized spacial score (nSPS) is 18.8. The monoisotopic (exact) mass is 601 g/mol. The van der Waals surface area contributed by atoms with Gasteiger partial charge in [0.1, 0.15) is 18.4 Å². The molecule has 1 aliphatic carbocycles. The number of alkyl carbamates (subject to hydrolysis) is 1. The largest absolute Gasteiger partial charge is 0.449 e. The van der Waals surface area contributed by atoms with Crippen molar-refractivity contribution < 1.29 is 25.5 Å². The minimum absolute atomic E-state index is 0.00543. The van der Waals surface area contributed by atoms with Crippen LogP contribution in [-0.4, -0.2) is 58.6 Å². The number of unbranched alkanes of at least 4 members (excludes halogenated alkanes) is 2. The van der Waals surface area contributed by atoms with Gasteiger partial charge in [-0.25, -0.2) is 9.59 Å². The van der Waals surface area contributed by atoms with Crippen LogP contribution in [0.15, 0.2) is 64.3 Å². The molecule has 1 aliphatic heterocycles. The second kappa shape index (κ2) is 14.2. The van der Waals surface area contributed by atoms with E-state index in [1.165, 1.54) is 17.3 Å². The van der Waals surface area contributed by atoms with Crippen molar-refractivity contribution in [2.45, 2.75) is 63.4 Å². The molecule has 1 saturated heterocycles. The summed E-state index contributed by atoms with van der Waals surface area (Å²) in [6, 6.07) is 16.3. The van der Waals surface area contributed by atoms with Crippen LogP contribution < -0.4 is 21.9 Å². The minimum atomic E-state index is -0.881. The highest BCUT2D eigenvalue weighted by Gasteiger charge is 2.32. The van der Waals surface area contributed by atoms with E-state index in [0.29, 0.717) is 19.4 Å². The SMILES string of the molecule is [2H]CC1OC(n2cc(C#CCNC(=O)CCCCCNC(=O)OCC3c4ccccc4-c4ccccc43)c(=O)[nH]c2=O)CC1O. The van der Waals surface area contributed by atoms with Crippen LogP contribution in [0.5, 0.6) is 0 Å². The summed E-state index contributed by atoms with van der Waals surface area (Å²) in [5.41, 5.74) is 3.31. The Labute approximate surface area is 256 Å². The molecule has 3 unspecified atom stereocenters. The number of hydrogen-bond donors (Lipinski definition) is 4. The van der Waals surface area contributed by atoms with Crippen molar-refractivity contribution in [3.05, 3.63) is 92.3 Å². The summed E-state index contributed by atoms with van der Waals surface area (Å²) in [7, 11) is 0. The quantitative estimate of drug-likeness (QED) is 0.206. The molecule has 1 fully saturated rings. The van der Waals surface area contributed by atoms with Gasteiger partial charge < -0.3 is 25.2 Å². The van der Waals surface area contributed by atoms with Crippen LogP contribution in [0.2, 0.25) is 0 Å². The number of nitrogens with one attached hydrogen (secondary N) is 3. The zero-order chi connectivity index (χ0) is 31.8. The maximum Gasteiger partial charge on any atom is 0.407 e. The van der Waals surface area contributed by atoms with Gasteiger partial charge in [-0.3, -0.25) is 19.1 Å². The molecular formula is C33H36N4O7. The van der Waals surface area contributed by atoms with Crippen molar-refractivity contribution in [3.63, 3.8) is 0 Å². The van der Waals surface area contributed by atoms with Gasteiger partial charge >= 0.3 is 11.8 Å².